The minimum absolute atomic E-state index is 0.137. The quantitative estimate of drug-likeness (QED) is 0.405. The molecule has 0 fully saturated rings. The van der Waals surface area contributed by atoms with Gasteiger partial charge in [-0.25, -0.2) is 9.18 Å². The predicted octanol–water partition coefficient (Wildman–Crippen LogP) is 4.52. The molecular formula is C25H32ClFN2O6. The van der Waals surface area contributed by atoms with Crippen LogP contribution in [0.1, 0.15) is 31.9 Å². The molecule has 0 spiro atoms. The van der Waals surface area contributed by atoms with Crippen molar-refractivity contribution in [2.75, 3.05) is 33.3 Å². The summed E-state index contributed by atoms with van der Waals surface area (Å²) in [4.78, 5) is 24.5. The van der Waals surface area contributed by atoms with E-state index in [4.69, 9.17) is 30.9 Å². The molecule has 0 heterocycles. The number of nitrogens with one attached hydrogen (secondary N) is 1. The maximum Gasteiger partial charge on any atom is 0.410 e. The lowest BCUT2D eigenvalue weighted by Gasteiger charge is -2.26. The molecule has 2 rings (SSSR count). The molecule has 0 aromatic heterocycles. The standard InChI is InChI=1S/C25H32ClFN2O6/c1-25(2,3)35-24(32)29(15-23(30)31)12-11-28-10-9-17-13-18(27)14-22(26)21(17)16-34-20-7-5-19(33-4)6-8-20/h5-8,13-14,28H,9-12,15-16H2,1-4H3,(H,30,31). The summed E-state index contributed by atoms with van der Waals surface area (Å²) in [5.41, 5.74) is 0.625. The number of ether oxygens (including phenoxy) is 3. The number of aliphatic carboxylic acids is 1. The molecule has 0 atom stereocenters. The van der Waals surface area contributed by atoms with Crippen LogP contribution in [0.25, 0.3) is 0 Å². The van der Waals surface area contributed by atoms with Crippen LogP contribution in [-0.4, -0.2) is 61.0 Å². The van der Waals surface area contributed by atoms with E-state index in [0.29, 0.717) is 42.1 Å². The zero-order valence-electron chi connectivity index (χ0n) is 20.4. The Bertz CT molecular complexity index is 995. The zero-order valence-corrected chi connectivity index (χ0v) is 21.2. The second-order valence-electron chi connectivity index (χ2n) is 8.79. The lowest BCUT2D eigenvalue weighted by atomic mass is 10.0. The van der Waals surface area contributed by atoms with Gasteiger partial charge >= 0.3 is 12.1 Å². The number of hydrogen-bond acceptors (Lipinski definition) is 6. The Labute approximate surface area is 209 Å². The van der Waals surface area contributed by atoms with Gasteiger partial charge in [0.2, 0.25) is 0 Å². The van der Waals surface area contributed by atoms with Gasteiger partial charge in [-0.2, -0.15) is 0 Å². The highest BCUT2D eigenvalue weighted by atomic mass is 35.5. The summed E-state index contributed by atoms with van der Waals surface area (Å²) in [6.45, 7) is 5.73. The van der Waals surface area contributed by atoms with E-state index in [2.05, 4.69) is 5.32 Å². The molecule has 2 aromatic rings. The summed E-state index contributed by atoms with van der Waals surface area (Å²) in [5, 5.41) is 12.5. The van der Waals surface area contributed by atoms with E-state index in [-0.39, 0.29) is 18.2 Å². The molecule has 0 bridgehead atoms. The van der Waals surface area contributed by atoms with Crippen LogP contribution in [0.15, 0.2) is 36.4 Å². The minimum atomic E-state index is -1.13. The largest absolute Gasteiger partial charge is 0.497 e. The molecule has 0 unspecified atom stereocenters. The van der Waals surface area contributed by atoms with Crippen LogP contribution >= 0.6 is 11.6 Å². The van der Waals surface area contributed by atoms with Crippen LogP contribution in [0.5, 0.6) is 11.5 Å². The maximum atomic E-state index is 14.0. The van der Waals surface area contributed by atoms with E-state index in [1.165, 1.54) is 12.1 Å². The molecule has 2 N–H and O–H groups in total. The smallest absolute Gasteiger partial charge is 0.410 e. The SMILES string of the molecule is COc1ccc(OCc2c(Cl)cc(F)cc2CCNCCN(CC(=O)O)C(=O)OC(C)(C)C)cc1. The van der Waals surface area contributed by atoms with Crippen molar-refractivity contribution in [3.05, 3.63) is 58.4 Å². The molecule has 0 aliphatic heterocycles. The fourth-order valence-corrected chi connectivity index (χ4v) is 3.44. The van der Waals surface area contributed by atoms with Crippen LogP contribution in [0.3, 0.4) is 0 Å². The van der Waals surface area contributed by atoms with Gasteiger partial charge < -0.3 is 24.6 Å². The summed E-state index contributed by atoms with van der Waals surface area (Å²) in [7, 11) is 1.58. The Morgan fingerprint density at radius 2 is 1.77 bits per heavy atom. The molecule has 192 valence electrons. The van der Waals surface area contributed by atoms with Crippen molar-refractivity contribution in [3.63, 3.8) is 0 Å². The van der Waals surface area contributed by atoms with Crippen LogP contribution in [0.4, 0.5) is 9.18 Å². The summed E-state index contributed by atoms with van der Waals surface area (Å²) >= 11 is 6.29. The molecular weight excluding hydrogens is 479 g/mol. The van der Waals surface area contributed by atoms with Crippen LogP contribution < -0.4 is 14.8 Å². The number of carboxylic acids is 1. The van der Waals surface area contributed by atoms with Crippen molar-refractivity contribution in [1.82, 2.24) is 10.2 Å². The third-order valence-corrected chi connectivity index (χ3v) is 5.14. The summed E-state index contributed by atoms with van der Waals surface area (Å²) in [5.74, 6) is -0.254. The molecule has 8 nitrogen and oxygen atoms in total. The minimum Gasteiger partial charge on any atom is -0.497 e. The Balaban J connectivity index is 1.93. The molecule has 0 aliphatic carbocycles. The molecule has 35 heavy (non-hydrogen) atoms. The van der Waals surface area contributed by atoms with Gasteiger partial charge in [-0.05, 0) is 75.7 Å². The Hall–Kier alpha value is -3.04. The van der Waals surface area contributed by atoms with Crippen molar-refractivity contribution < 1.29 is 33.3 Å². The Morgan fingerprint density at radius 3 is 2.37 bits per heavy atom. The first-order valence-electron chi connectivity index (χ1n) is 11.1. The van der Waals surface area contributed by atoms with Gasteiger partial charge in [-0.3, -0.25) is 9.69 Å². The molecule has 0 saturated carbocycles. The number of carboxylic acid groups (broad SMARTS) is 1. The summed E-state index contributed by atoms with van der Waals surface area (Å²) < 4.78 is 30.2. The highest BCUT2D eigenvalue weighted by Crippen LogP contribution is 2.25. The average molecular weight is 511 g/mol. The number of amides is 1. The van der Waals surface area contributed by atoms with Gasteiger partial charge in [-0.15, -0.1) is 0 Å². The number of carbonyl (C=O) groups is 2. The van der Waals surface area contributed by atoms with Crippen LogP contribution in [0.2, 0.25) is 5.02 Å². The van der Waals surface area contributed by atoms with Gasteiger partial charge in [-0.1, -0.05) is 11.6 Å². The first-order valence-corrected chi connectivity index (χ1v) is 11.5. The van der Waals surface area contributed by atoms with E-state index in [9.17, 15) is 14.0 Å². The summed E-state index contributed by atoms with van der Waals surface area (Å²) in [6, 6.07) is 9.75. The third-order valence-electron chi connectivity index (χ3n) is 4.80. The topological polar surface area (TPSA) is 97.3 Å². The summed E-state index contributed by atoms with van der Waals surface area (Å²) in [6.07, 6.45) is -0.249. The van der Waals surface area contributed by atoms with Crippen molar-refractivity contribution in [3.8, 4) is 11.5 Å². The lowest BCUT2D eigenvalue weighted by molar-refractivity contribution is -0.138. The van der Waals surface area contributed by atoms with Crippen molar-refractivity contribution in [2.24, 2.45) is 0 Å². The van der Waals surface area contributed by atoms with Crippen LogP contribution in [-0.2, 0) is 22.6 Å². The molecule has 1 amide bonds. The third kappa shape index (κ3) is 10.00. The van der Waals surface area contributed by atoms with Gasteiger partial charge in [0.05, 0.1) is 12.1 Å². The second kappa shape index (κ2) is 13.2. The van der Waals surface area contributed by atoms with E-state index in [0.717, 1.165) is 4.90 Å². The molecule has 2 aromatic carbocycles. The van der Waals surface area contributed by atoms with E-state index in [1.54, 1.807) is 52.1 Å². The maximum absolute atomic E-state index is 14.0. The van der Waals surface area contributed by atoms with Gasteiger partial charge in [0, 0.05) is 18.7 Å². The highest BCUT2D eigenvalue weighted by molar-refractivity contribution is 6.31. The highest BCUT2D eigenvalue weighted by Gasteiger charge is 2.23. The average Bonchev–Trinajstić information content (AvgIpc) is 2.76. The lowest BCUT2D eigenvalue weighted by Crippen LogP contribution is -2.43. The zero-order chi connectivity index (χ0) is 26.0. The number of rotatable bonds is 12. The molecule has 0 aliphatic rings. The van der Waals surface area contributed by atoms with E-state index < -0.39 is 30.0 Å². The second-order valence-corrected chi connectivity index (χ2v) is 9.19. The number of methoxy groups -OCH3 is 1. The molecule has 10 heteroatoms. The van der Waals surface area contributed by atoms with Crippen molar-refractivity contribution in [2.45, 2.75) is 39.4 Å². The van der Waals surface area contributed by atoms with Gasteiger partial charge in [0.25, 0.3) is 0 Å². The Morgan fingerprint density at radius 1 is 1.11 bits per heavy atom. The van der Waals surface area contributed by atoms with Gasteiger partial charge in [0.1, 0.15) is 36.1 Å². The number of hydrogen-bond donors (Lipinski definition) is 2. The van der Waals surface area contributed by atoms with E-state index >= 15 is 0 Å². The Kier molecular flexibility index (Phi) is 10.6. The number of halogens is 2. The van der Waals surface area contributed by atoms with E-state index in [1.807, 2.05) is 0 Å². The monoisotopic (exact) mass is 510 g/mol. The number of nitrogens with zero attached hydrogens (tertiary/aromatic N) is 1. The molecule has 0 radical (unpaired) electrons. The fraction of sp³-hybridized carbons (Fsp3) is 0.440. The van der Waals surface area contributed by atoms with Crippen molar-refractivity contribution in [1.29, 1.82) is 0 Å². The first kappa shape index (κ1) is 28.2. The molecule has 0 saturated heterocycles. The fourth-order valence-electron chi connectivity index (χ4n) is 3.16. The van der Waals surface area contributed by atoms with Gasteiger partial charge in [0.15, 0.2) is 0 Å². The normalized spacial score (nSPS) is 11.1. The number of benzene rings is 2. The van der Waals surface area contributed by atoms with Crippen LogP contribution in [0, 0.1) is 5.82 Å². The predicted molar refractivity (Wildman–Crippen MR) is 131 cm³/mol. The number of carbonyl (C=O) groups excluding carboxylic acids is 1. The first-order chi connectivity index (χ1) is 16.5. The van der Waals surface area contributed by atoms with Crippen molar-refractivity contribution >= 4 is 23.7 Å².